The minimum absolute atomic E-state index is 0.915. The summed E-state index contributed by atoms with van der Waals surface area (Å²) in [6.07, 6.45) is 4.32. The van der Waals surface area contributed by atoms with Crippen molar-refractivity contribution in [3.63, 3.8) is 0 Å². The van der Waals surface area contributed by atoms with E-state index in [-0.39, 0.29) is 0 Å². The molecule has 1 aliphatic heterocycles. The van der Waals surface area contributed by atoms with Gasteiger partial charge in [-0.25, -0.2) is 0 Å². The summed E-state index contributed by atoms with van der Waals surface area (Å²) < 4.78 is 7.31. The Morgan fingerprint density at radius 2 is 2.32 bits per heavy atom. The van der Waals surface area contributed by atoms with E-state index in [1.165, 1.54) is 16.8 Å². The predicted molar refractivity (Wildman–Crippen MR) is 74.1 cm³/mol. The third-order valence-corrected chi connectivity index (χ3v) is 3.52. The molecule has 19 heavy (non-hydrogen) atoms. The highest BCUT2D eigenvalue weighted by Gasteiger charge is 2.13. The van der Waals surface area contributed by atoms with Crippen LogP contribution in [0, 0.1) is 0 Å². The molecule has 4 heteroatoms. The lowest BCUT2D eigenvalue weighted by molar-refractivity contribution is 0.414. The molecule has 0 atom stereocenters. The third kappa shape index (κ3) is 2.79. The van der Waals surface area contributed by atoms with Crippen LogP contribution < -0.4 is 10.1 Å². The molecule has 100 valence electrons. The van der Waals surface area contributed by atoms with Crippen LogP contribution in [0.1, 0.15) is 23.2 Å². The smallest absolute Gasteiger partial charge is 0.119 e. The quantitative estimate of drug-likeness (QED) is 0.892. The first-order chi connectivity index (χ1) is 9.35. The molecule has 1 aromatic carbocycles. The van der Waals surface area contributed by atoms with Crippen molar-refractivity contribution in [2.24, 2.45) is 0 Å². The zero-order chi connectivity index (χ0) is 13.1. The van der Waals surface area contributed by atoms with Gasteiger partial charge in [-0.3, -0.25) is 4.68 Å². The van der Waals surface area contributed by atoms with Gasteiger partial charge in [0.1, 0.15) is 5.75 Å². The lowest BCUT2D eigenvalue weighted by atomic mass is 10.1. The number of benzene rings is 1. The van der Waals surface area contributed by atoms with E-state index in [4.69, 9.17) is 4.74 Å². The summed E-state index contributed by atoms with van der Waals surface area (Å²) in [5.74, 6) is 0.932. The number of hydrogen-bond donors (Lipinski definition) is 1. The van der Waals surface area contributed by atoms with Crippen LogP contribution in [0.4, 0.5) is 0 Å². The Morgan fingerprint density at radius 3 is 3.16 bits per heavy atom. The van der Waals surface area contributed by atoms with Crippen LogP contribution in [-0.4, -0.2) is 16.9 Å². The summed E-state index contributed by atoms with van der Waals surface area (Å²) in [5.41, 5.74) is 3.88. The van der Waals surface area contributed by atoms with Crippen LogP contribution in [0.5, 0.6) is 5.75 Å². The molecule has 1 aliphatic rings. The molecular formula is C15H19N3O. The van der Waals surface area contributed by atoms with Crippen molar-refractivity contribution >= 4 is 0 Å². The van der Waals surface area contributed by atoms with Gasteiger partial charge in [0, 0.05) is 31.4 Å². The largest absolute Gasteiger partial charge is 0.497 e. The number of fused-ring (bicyclic) bond motifs is 1. The molecule has 0 spiro atoms. The van der Waals surface area contributed by atoms with Crippen molar-refractivity contribution in [2.75, 3.05) is 7.11 Å². The number of nitrogens with one attached hydrogen (secondary N) is 1. The molecule has 0 bridgehead atoms. The van der Waals surface area contributed by atoms with Crippen LogP contribution in [0.3, 0.4) is 0 Å². The first-order valence-electron chi connectivity index (χ1n) is 6.74. The summed E-state index contributed by atoms with van der Waals surface area (Å²) >= 11 is 0. The Bertz CT molecular complexity index is 541. The Labute approximate surface area is 113 Å². The predicted octanol–water partition coefficient (Wildman–Crippen LogP) is 2.13. The van der Waals surface area contributed by atoms with E-state index in [0.29, 0.717) is 0 Å². The minimum atomic E-state index is 0.915. The first-order valence-corrected chi connectivity index (χ1v) is 6.74. The zero-order valence-electron chi connectivity index (χ0n) is 11.2. The molecule has 4 nitrogen and oxygen atoms in total. The van der Waals surface area contributed by atoms with Gasteiger partial charge >= 0.3 is 0 Å². The first kappa shape index (κ1) is 12.2. The number of hydrogen-bond acceptors (Lipinski definition) is 3. The fraction of sp³-hybridized carbons (Fsp3) is 0.400. The summed E-state index contributed by atoms with van der Waals surface area (Å²) in [6.45, 7) is 2.85. The number of ether oxygens (including phenoxy) is 1. The van der Waals surface area contributed by atoms with Crippen molar-refractivity contribution < 1.29 is 4.74 Å². The van der Waals surface area contributed by atoms with E-state index >= 15 is 0 Å². The average molecular weight is 257 g/mol. The number of methoxy groups -OCH3 is 1. The maximum Gasteiger partial charge on any atom is 0.119 e. The Kier molecular flexibility index (Phi) is 3.51. The van der Waals surface area contributed by atoms with Gasteiger partial charge in [-0.2, -0.15) is 5.10 Å². The van der Waals surface area contributed by atoms with Gasteiger partial charge in [-0.15, -0.1) is 0 Å². The standard InChI is InChI=1S/C15H19N3O/c1-19-14-6-2-4-12(8-14)5-3-7-18-11-13-9-16-10-15(13)17-18/h2,4,6,8,11,16H,3,5,7,9-10H2,1H3. The molecule has 3 rings (SSSR count). The average Bonchev–Trinajstić information content (AvgIpc) is 3.00. The molecule has 0 aliphatic carbocycles. The molecule has 0 unspecified atom stereocenters. The Morgan fingerprint density at radius 1 is 1.37 bits per heavy atom. The molecule has 2 heterocycles. The molecular weight excluding hydrogens is 238 g/mol. The Balaban J connectivity index is 1.54. The van der Waals surface area contributed by atoms with E-state index in [1.807, 2.05) is 12.1 Å². The van der Waals surface area contributed by atoms with Crippen molar-refractivity contribution in [1.82, 2.24) is 15.1 Å². The van der Waals surface area contributed by atoms with Crippen LogP contribution in [0.2, 0.25) is 0 Å². The van der Waals surface area contributed by atoms with Gasteiger partial charge in [0.2, 0.25) is 0 Å². The highest BCUT2D eigenvalue weighted by molar-refractivity contribution is 5.28. The summed E-state index contributed by atoms with van der Waals surface area (Å²) in [4.78, 5) is 0. The number of rotatable bonds is 5. The van der Waals surface area contributed by atoms with Crippen LogP contribution in [0.15, 0.2) is 30.5 Å². The van der Waals surface area contributed by atoms with E-state index in [1.54, 1.807) is 7.11 Å². The van der Waals surface area contributed by atoms with Crippen LogP contribution in [-0.2, 0) is 26.1 Å². The summed E-state index contributed by atoms with van der Waals surface area (Å²) in [6, 6.07) is 8.28. The number of aromatic nitrogens is 2. The zero-order valence-corrected chi connectivity index (χ0v) is 11.2. The molecule has 0 saturated heterocycles. The van der Waals surface area contributed by atoms with Gasteiger partial charge in [0.05, 0.1) is 12.8 Å². The van der Waals surface area contributed by atoms with E-state index in [9.17, 15) is 0 Å². The second kappa shape index (κ2) is 5.45. The SMILES string of the molecule is COc1cccc(CCCn2cc3c(n2)CNC3)c1. The van der Waals surface area contributed by atoms with Crippen LogP contribution >= 0.6 is 0 Å². The third-order valence-electron chi connectivity index (χ3n) is 3.52. The van der Waals surface area contributed by atoms with E-state index in [0.717, 1.165) is 38.2 Å². The lowest BCUT2D eigenvalue weighted by Crippen LogP contribution is -2.06. The minimum Gasteiger partial charge on any atom is -0.497 e. The Hall–Kier alpha value is -1.81. The van der Waals surface area contributed by atoms with Crippen LogP contribution in [0.25, 0.3) is 0 Å². The topological polar surface area (TPSA) is 39.1 Å². The molecule has 0 saturated carbocycles. The maximum atomic E-state index is 5.24. The number of nitrogens with zero attached hydrogens (tertiary/aromatic N) is 2. The monoisotopic (exact) mass is 257 g/mol. The summed E-state index contributed by atoms with van der Waals surface area (Å²) in [5, 5.41) is 7.88. The highest BCUT2D eigenvalue weighted by Crippen LogP contribution is 2.15. The summed E-state index contributed by atoms with van der Waals surface area (Å²) in [7, 11) is 1.71. The van der Waals surface area contributed by atoms with Gasteiger partial charge in [0.25, 0.3) is 0 Å². The van der Waals surface area contributed by atoms with Gasteiger partial charge in [0.15, 0.2) is 0 Å². The highest BCUT2D eigenvalue weighted by atomic mass is 16.5. The van der Waals surface area contributed by atoms with Gasteiger partial charge in [-0.1, -0.05) is 12.1 Å². The molecule has 1 N–H and O–H groups in total. The molecule has 1 aromatic heterocycles. The fourth-order valence-corrected chi connectivity index (χ4v) is 2.50. The van der Waals surface area contributed by atoms with E-state index in [2.05, 4.69) is 33.4 Å². The molecule has 0 radical (unpaired) electrons. The van der Waals surface area contributed by atoms with Crippen molar-refractivity contribution in [3.8, 4) is 5.75 Å². The van der Waals surface area contributed by atoms with Gasteiger partial charge in [-0.05, 0) is 30.5 Å². The molecule has 0 fully saturated rings. The lowest BCUT2D eigenvalue weighted by Gasteiger charge is -2.05. The second-order valence-electron chi connectivity index (χ2n) is 4.92. The van der Waals surface area contributed by atoms with Crippen molar-refractivity contribution in [1.29, 1.82) is 0 Å². The molecule has 2 aromatic rings. The van der Waals surface area contributed by atoms with E-state index < -0.39 is 0 Å². The second-order valence-corrected chi connectivity index (χ2v) is 4.92. The maximum absolute atomic E-state index is 5.24. The molecule has 0 amide bonds. The van der Waals surface area contributed by atoms with Crippen molar-refractivity contribution in [3.05, 3.63) is 47.3 Å². The fourth-order valence-electron chi connectivity index (χ4n) is 2.50. The normalized spacial score (nSPS) is 13.5. The number of aryl methyl sites for hydroxylation is 2. The van der Waals surface area contributed by atoms with Crippen molar-refractivity contribution in [2.45, 2.75) is 32.5 Å². The van der Waals surface area contributed by atoms with Gasteiger partial charge < -0.3 is 10.1 Å².